The monoisotopic (exact) mass is 392 g/mol. The summed E-state index contributed by atoms with van der Waals surface area (Å²) in [6.45, 7) is 3.23. The highest BCUT2D eigenvalue weighted by atomic mass is 16.2. The van der Waals surface area contributed by atoms with Gasteiger partial charge in [-0.1, -0.05) is 24.3 Å². The second kappa shape index (κ2) is 7.58. The lowest BCUT2D eigenvalue weighted by Crippen LogP contribution is -2.31. The molecule has 0 bridgehead atoms. The Morgan fingerprint density at radius 1 is 1.00 bits per heavy atom. The van der Waals surface area contributed by atoms with E-state index in [-0.39, 0.29) is 24.0 Å². The van der Waals surface area contributed by atoms with Crippen LogP contribution in [0, 0.1) is 6.92 Å². The fourth-order valence-corrected chi connectivity index (χ4v) is 3.94. The predicted molar refractivity (Wildman–Crippen MR) is 112 cm³/mol. The molecule has 0 spiro atoms. The van der Waals surface area contributed by atoms with Gasteiger partial charge in [0.2, 0.25) is 5.91 Å². The number of hydrogen-bond donors (Lipinski definition) is 1. The third kappa shape index (κ3) is 3.44. The quantitative estimate of drug-likeness (QED) is 0.741. The smallest absolute Gasteiger partial charge is 0.329 e. The average Bonchev–Trinajstić information content (AvgIpc) is 3.33. The first kappa shape index (κ1) is 19.0. The van der Waals surface area contributed by atoms with Crippen LogP contribution in [-0.4, -0.2) is 38.9 Å². The summed E-state index contributed by atoms with van der Waals surface area (Å²) >= 11 is 0. The summed E-state index contributed by atoms with van der Waals surface area (Å²) < 4.78 is 2.98. The van der Waals surface area contributed by atoms with Gasteiger partial charge in [-0.2, -0.15) is 0 Å². The number of hydrogen-bond acceptors (Lipinski definition) is 3. The zero-order chi connectivity index (χ0) is 20.5. The molecule has 1 fully saturated rings. The topological polar surface area (TPSA) is 76.3 Å². The number of likely N-dealkylation sites (tertiary alicyclic amines) is 1. The summed E-state index contributed by atoms with van der Waals surface area (Å²) in [5, 5.41) is 2.88. The van der Waals surface area contributed by atoms with Crippen LogP contribution in [0.15, 0.2) is 47.3 Å². The summed E-state index contributed by atoms with van der Waals surface area (Å²) in [4.78, 5) is 40.1. The van der Waals surface area contributed by atoms with Crippen molar-refractivity contribution in [2.24, 2.45) is 7.05 Å². The normalized spacial score (nSPS) is 13.8. The van der Waals surface area contributed by atoms with Crippen LogP contribution < -0.4 is 11.0 Å². The van der Waals surface area contributed by atoms with Gasteiger partial charge >= 0.3 is 5.69 Å². The molecule has 4 rings (SSSR count). The second-order valence-corrected chi connectivity index (χ2v) is 7.46. The molecule has 1 aromatic heterocycles. The molecule has 1 saturated heterocycles. The van der Waals surface area contributed by atoms with E-state index in [1.165, 1.54) is 9.13 Å². The van der Waals surface area contributed by atoms with Crippen LogP contribution in [-0.2, 0) is 18.4 Å². The number of imidazole rings is 1. The highest BCUT2D eigenvalue weighted by molar-refractivity contribution is 6.04. The van der Waals surface area contributed by atoms with Crippen LogP contribution in [0.25, 0.3) is 11.0 Å². The van der Waals surface area contributed by atoms with E-state index in [0.717, 1.165) is 37.0 Å². The van der Waals surface area contributed by atoms with Crippen LogP contribution in [0.5, 0.6) is 0 Å². The van der Waals surface area contributed by atoms with E-state index in [1.807, 2.05) is 48.2 Å². The number of amides is 2. The number of carbonyl (C=O) groups is 2. The summed E-state index contributed by atoms with van der Waals surface area (Å²) in [5.41, 5.74) is 3.04. The first-order valence-corrected chi connectivity index (χ1v) is 9.80. The van der Waals surface area contributed by atoms with Gasteiger partial charge in [-0.15, -0.1) is 0 Å². The van der Waals surface area contributed by atoms with Crippen LogP contribution in [0.2, 0.25) is 0 Å². The van der Waals surface area contributed by atoms with Gasteiger partial charge in [0.05, 0.1) is 22.3 Å². The van der Waals surface area contributed by atoms with E-state index in [0.29, 0.717) is 16.8 Å². The van der Waals surface area contributed by atoms with Gasteiger partial charge in [-0.25, -0.2) is 4.79 Å². The Labute approximate surface area is 168 Å². The van der Waals surface area contributed by atoms with Crippen LogP contribution >= 0.6 is 0 Å². The fourth-order valence-electron chi connectivity index (χ4n) is 3.94. The maximum Gasteiger partial charge on any atom is 0.329 e. The summed E-state index contributed by atoms with van der Waals surface area (Å²) in [6.07, 6.45) is 2.01. The number of aromatic nitrogens is 2. The van der Waals surface area contributed by atoms with Gasteiger partial charge in [0.25, 0.3) is 5.91 Å². The molecule has 1 aliphatic rings. The molecule has 7 nitrogen and oxygen atoms in total. The van der Waals surface area contributed by atoms with E-state index in [4.69, 9.17) is 0 Å². The van der Waals surface area contributed by atoms with Crippen molar-refractivity contribution in [1.29, 1.82) is 0 Å². The molecular weight excluding hydrogens is 368 g/mol. The molecule has 2 heterocycles. The first-order chi connectivity index (χ1) is 14.0. The number of rotatable bonds is 4. The highest BCUT2D eigenvalue weighted by Gasteiger charge is 2.23. The van der Waals surface area contributed by atoms with Gasteiger partial charge in [0.1, 0.15) is 6.54 Å². The maximum atomic E-state index is 12.9. The number of nitrogens with zero attached hydrogens (tertiary/aromatic N) is 3. The van der Waals surface area contributed by atoms with Gasteiger partial charge < -0.3 is 10.2 Å². The molecule has 0 radical (unpaired) electrons. The van der Waals surface area contributed by atoms with Crippen molar-refractivity contribution in [2.45, 2.75) is 26.3 Å². The van der Waals surface area contributed by atoms with E-state index in [1.54, 1.807) is 13.1 Å². The lowest BCUT2D eigenvalue weighted by molar-refractivity contribution is -0.116. The van der Waals surface area contributed by atoms with Crippen molar-refractivity contribution in [2.75, 3.05) is 18.4 Å². The minimum absolute atomic E-state index is 0.0659. The van der Waals surface area contributed by atoms with Crippen LogP contribution in [0.4, 0.5) is 5.69 Å². The van der Waals surface area contributed by atoms with Crippen molar-refractivity contribution in [3.63, 3.8) is 0 Å². The van der Waals surface area contributed by atoms with Crippen molar-refractivity contribution in [3.8, 4) is 0 Å². The Bertz CT molecular complexity index is 1150. The third-order valence-electron chi connectivity index (χ3n) is 5.51. The molecule has 29 heavy (non-hydrogen) atoms. The molecule has 1 N–H and O–H groups in total. The van der Waals surface area contributed by atoms with E-state index < -0.39 is 0 Å². The molecule has 3 aromatic rings. The maximum absolute atomic E-state index is 12.9. The predicted octanol–water partition coefficient (Wildman–Crippen LogP) is 2.52. The summed E-state index contributed by atoms with van der Waals surface area (Å²) in [5.74, 6) is -0.406. The number of nitrogens with one attached hydrogen (secondary N) is 1. The Kier molecular flexibility index (Phi) is 4.96. The van der Waals surface area contributed by atoms with Crippen molar-refractivity contribution in [3.05, 3.63) is 64.1 Å². The molecule has 1 aliphatic heterocycles. The van der Waals surface area contributed by atoms with E-state index in [2.05, 4.69) is 5.32 Å². The molecule has 7 heteroatoms. The van der Waals surface area contributed by atoms with E-state index >= 15 is 0 Å². The van der Waals surface area contributed by atoms with E-state index in [9.17, 15) is 14.4 Å². The average molecular weight is 392 g/mol. The Hall–Kier alpha value is -3.35. The fraction of sp³-hybridized carbons (Fsp3) is 0.318. The van der Waals surface area contributed by atoms with Crippen molar-refractivity contribution < 1.29 is 9.59 Å². The number of fused-ring (bicyclic) bond motifs is 1. The Balaban J connectivity index is 1.62. The van der Waals surface area contributed by atoms with Crippen molar-refractivity contribution >= 4 is 28.5 Å². The minimum Gasteiger partial charge on any atom is -0.339 e. The number of benzene rings is 2. The Morgan fingerprint density at radius 3 is 2.41 bits per heavy atom. The summed E-state index contributed by atoms with van der Waals surface area (Å²) in [6, 6.07) is 12.8. The SMILES string of the molecule is Cc1cccc(C(=O)N2CCCC2)c1NC(=O)Cn1c(=O)n(C)c2ccccc21. The molecule has 2 amide bonds. The standard InChI is InChI=1S/C22H24N4O3/c1-15-8-7-9-16(21(28)25-12-5-6-13-25)20(15)23-19(27)14-26-18-11-4-3-10-17(18)24(2)22(26)29/h3-4,7-11H,5-6,12-14H2,1-2H3,(H,23,27). The lowest BCUT2D eigenvalue weighted by atomic mass is 10.1. The Morgan fingerprint density at radius 2 is 1.69 bits per heavy atom. The molecule has 0 aliphatic carbocycles. The number of carbonyl (C=O) groups excluding carboxylic acids is 2. The van der Waals surface area contributed by atoms with Crippen LogP contribution in [0.1, 0.15) is 28.8 Å². The van der Waals surface area contributed by atoms with Crippen LogP contribution in [0.3, 0.4) is 0 Å². The van der Waals surface area contributed by atoms with Gasteiger partial charge in [-0.05, 0) is 43.5 Å². The number of anilines is 1. The lowest BCUT2D eigenvalue weighted by Gasteiger charge is -2.19. The molecule has 0 unspecified atom stereocenters. The number of aryl methyl sites for hydroxylation is 2. The zero-order valence-corrected chi connectivity index (χ0v) is 16.6. The molecule has 0 saturated carbocycles. The third-order valence-corrected chi connectivity index (χ3v) is 5.51. The van der Waals surface area contributed by atoms with Crippen molar-refractivity contribution in [1.82, 2.24) is 14.0 Å². The summed E-state index contributed by atoms with van der Waals surface area (Å²) in [7, 11) is 1.69. The molecular formula is C22H24N4O3. The first-order valence-electron chi connectivity index (χ1n) is 9.80. The largest absolute Gasteiger partial charge is 0.339 e. The zero-order valence-electron chi connectivity index (χ0n) is 16.6. The highest BCUT2D eigenvalue weighted by Crippen LogP contribution is 2.24. The number of para-hydroxylation sites is 3. The van der Waals surface area contributed by atoms with Gasteiger partial charge in [0.15, 0.2) is 0 Å². The molecule has 150 valence electrons. The van der Waals surface area contributed by atoms with Gasteiger partial charge in [0, 0.05) is 20.1 Å². The second-order valence-electron chi connectivity index (χ2n) is 7.46. The minimum atomic E-state index is -0.340. The van der Waals surface area contributed by atoms with Gasteiger partial charge in [-0.3, -0.25) is 18.7 Å². The molecule has 0 atom stereocenters. The molecule has 2 aromatic carbocycles.